The number of anilines is 1. The molecule has 0 saturated heterocycles. The number of aromatic nitrogens is 2. The zero-order valence-corrected chi connectivity index (χ0v) is 19.5. The SMILES string of the molecule is CC(C)N(CC(=O)Nc1nc(CC(=O)NCCc2ccccn2)cs1)C(=O)c1ccccc1. The van der Waals surface area contributed by atoms with E-state index in [9.17, 15) is 14.4 Å². The van der Waals surface area contributed by atoms with Gasteiger partial charge in [0.2, 0.25) is 11.8 Å². The van der Waals surface area contributed by atoms with Crippen LogP contribution in [0.15, 0.2) is 60.1 Å². The highest BCUT2D eigenvalue weighted by molar-refractivity contribution is 7.13. The molecular formula is C24H27N5O3S. The average Bonchev–Trinajstić information content (AvgIpc) is 3.24. The number of nitrogens with zero attached hydrogens (tertiary/aromatic N) is 3. The highest BCUT2D eigenvalue weighted by Crippen LogP contribution is 2.16. The molecule has 0 bridgehead atoms. The summed E-state index contributed by atoms with van der Waals surface area (Å²) in [5.41, 5.74) is 2.02. The second-order valence-corrected chi connectivity index (χ2v) is 8.54. The Balaban J connectivity index is 1.48. The number of pyridine rings is 1. The maximum absolute atomic E-state index is 12.8. The van der Waals surface area contributed by atoms with Crippen LogP contribution in [0.3, 0.4) is 0 Å². The second kappa shape index (κ2) is 11.9. The number of rotatable bonds is 10. The fourth-order valence-corrected chi connectivity index (χ4v) is 3.82. The average molecular weight is 466 g/mol. The van der Waals surface area contributed by atoms with Crippen LogP contribution in [0.5, 0.6) is 0 Å². The van der Waals surface area contributed by atoms with Gasteiger partial charge in [-0.15, -0.1) is 11.3 Å². The van der Waals surface area contributed by atoms with Crippen LogP contribution < -0.4 is 10.6 Å². The number of hydrogen-bond donors (Lipinski definition) is 2. The molecule has 0 atom stereocenters. The van der Waals surface area contributed by atoms with Crippen LogP contribution in [0.25, 0.3) is 0 Å². The zero-order chi connectivity index (χ0) is 23.6. The Morgan fingerprint density at radius 1 is 1.00 bits per heavy atom. The lowest BCUT2D eigenvalue weighted by molar-refractivity contribution is -0.120. The van der Waals surface area contributed by atoms with Crippen LogP contribution in [0, 0.1) is 0 Å². The van der Waals surface area contributed by atoms with Crippen LogP contribution in [0.1, 0.15) is 35.6 Å². The lowest BCUT2D eigenvalue weighted by atomic mass is 10.1. The van der Waals surface area contributed by atoms with E-state index in [0.717, 1.165) is 5.69 Å². The molecule has 9 heteroatoms. The van der Waals surface area contributed by atoms with E-state index in [0.29, 0.717) is 29.4 Å². The summed E-state index contributed by atoms with van der Waals surface area (Å²) in [6.45, 7) is 4.13. The van der Waals surface area contributed by atoms with E-state index >= 15 is 0 Å². The standard InChI is InChI=1S/C24H27N5O3S/c1-17(2)29(23(32)18-8-4-3-5-9-18)15-22(31)28-24-27-20(16-33-24)14-21(30)26-13-11-19-10-6-7-12-25-19/h3-10,12,16-17H,11,13-15H2,1-2H3,(H,26,30)(H,27,28,31). The molecule has 3 rings (SSSR count). The number of thiazole rings is 1. The van der Waals surface area contributed by atoms with E-state index in [2.05, 4.69) is 20.6 Å². The molecule has 2 N–H and O–H groups in total. The first kappa shape index (κ1) is 24.1. The van der Waals surface area contributed by atoms with Crippen LogP contribution in [0.2, 0.25) is 0 Å². The third kappa shape index (κ3) is 7.50. The van der Waals surface area contributed by atoms with Gasteiger partial charge in [-0.05, 0) is 38.1 Å². The van der Waals surface area contributed by atoms with Crippen LogP contribution >= 0.6 is 11.3 Å². The Bertz CT molecular complexity index is 1070. The minimum absolute atomic E-state index is 0.0890. The third-order valence-electron chi connectivity index (χ3n) is 4.79. The molecular weight excluding hydrogens is 438 g/mol. The third-order valence-corrected chi connectivity index (χ3v) is 5.59. The molecule has 1 aromatic carbocycles. The van der Waals surface area contributed by atoms with Gasteiger partial charge in [-0.25, -0.2) is 4.98 Å². The Morgan fingerprint density at radius 3 is 2.45 bits per heavy atom. The van der Waals surface area contributed by atoms with Crippen LogP contribution in [0.4, 0.5) is 5.13 Å². The topological polar surface area (TPSA) is 104 Å². The summed E-state index contributed by atoms with van der Waals surface area (Å²) in [7, 11) is 0. The maximum atomic E-state index is 12.8. The van der Waals surface area contributed by atoms with E-state index in [4.69, 9.17) is 0 Å². The predicted molar refractivity (Wildman–Crippen MR) is 128 cm³/mol. The number of carbonyl (C=O) groups is 3. The van der Waals surface area contributed by atoms with Crippen LogP contribution in [-0.4, -0.2) is 51.7 Å². The molecule has 2 heterocycles. The smallest absolute Gasteiger partial charge is 0.254 e. The molecule has 0 aliphatic heterocycles. The van der Waals surface area contributed by atoms with Gasteiger partial charge in [-0.3, -0.25) is 19.4 Å². The maximum Gasteiger partial charge on any atom is 0.254 e. The zero-order valence-electron chi connectivity index (χ0n) is 18.7. The summed E-state index contributed by atoms with van der Waals surface area (Å²) < 4.78 is 0. The fourth-order valence-electron chi connectivity index (χ4n) is 3.10. The van der Waals surface area contributed by atoms with Gasteiger partial charge >= 0.3 is 0 Å². The Morgan fingerprint density at radius 2 is 1.76 bits per heavy atom. The summed E-state index contributed by atoms with van der Waals surface area (Å²) in [5.74, 6) is -0.690. The molecule has 33 heavy (non-hydrogen) atoms. The summed E-state index contributed by atoms with van der Waals surface area (Å²) in [4.78, 5) is 47.5. The number of carbonyl (C=O) groups excluding carboxylic acids is 3. The first-order valence-corrected chi connectivity index (χ1v) is 11.6. The number of benzene rings is 1. The minimum Gasteiger partial charge on any atom is -0.355 e. The van der Waals surface area contributed by atoms with E-state index in [1.807, 2.05) is 38.1 Å². The number of nitrogens with one attached hydrogen (secondary N) is 2. The highest BCUT2D eigenvalue weighted by Gasteiger charge is 2.22. The first-order valence-electron chi connectivity index (χ1n) is 10.7. The second-order valence-electron chi connectivity index (χ2n) is 7.68. The minimum atomic E-state index is -0.339. The van der Waals surface area contributed by atoms with Crippen molar-refractivity contribution < 1.29 is 14.4 Å². The van der Waals surface area contributed by atoms with E-state index in [-0.39, 0.29) is 36.7 Å². The van der Waals surface area contributed by atoms with Gasteiger partial charge in [0.05, 0.1) is 12.1 Å². The molecule has 2 aromatic heterocycles. The molecule has 0 spiro atoms. The molecule has 3 aromatic rings. The number of amides is 3. The van der Waals surface area contributed by atoms with Crippen molar-refractivity contribution in [3.05, 3.63) is 77.1 Å². The van der Waals surface area contributed by atoms with Gasteiger partial charge in [0, 0.05) is 41.8 Å². The molecule has 0 unspecified atom stereocenters. The molecule has 0 radical (unpaired) electrons. The number of hydrogen-bond acceptors (Lipinski definition) is 6. The van der Waals surface area contributed by atoms with Gasteiger partial charge in [0.25, 0.3) is 5.91 Å². The summed E-state index contributed by atoms with van der Waals surface area (Å²) in [5, 5.41) is 7.71. The van der Waals surface area contributed by atoms with Crippen molar-refractivity contribution in [2.24, 2.45) is 0 Å². The molecule has 172 valence electrons. The molecule has 0 saturated carbocycles. The lowest BCUT2D eigenvalue weighted by Crippen LogP contribution is -2.42. The summed E-state index contributed by atoms with van der Waals surface area (Å²) in [6, 6.07) is 14.4. The van der Waals surface area contributed by atoms with E-state index < -0.39 is 0 Å². The van der Waals surface area contributed by atoms with Gasteiger partial charge in [-0.1, -0.05) is 24.3 Å². The molecule has 8 nitrogen and oxygen atoms in total. The Kier molecular flexibility index (Phi) is 8.65. The fraction of sp³-hybridized carbons (Fsp3) is 0.292. The van der Waals surface area contributed by atoms with E-state index in [1.165, 1.54) is 16.2 Å². The first-order chi connectivity index (χ1) is 15.9. The van der Waals surface area contributed by atoms with Crippen molar-refractivity contribution in [3.8, 4) is 0 Å². The van der Waals surface area contributed by atoms with Crippen molar-refractivity contribution in [2.75, 3.05) is 18.4 Å². The molecule has 0 fully saturated rings. The van der Waals surface area contributed by atoms with Crippen molar-refractivity contribution in [1.82, 2.24) is 20.2 Å². The van der Waals surface area contributed by atoms with Crippen molar-refractivity contribution in [3.63, 3.8) is 0 Å². The largest absolute Gasteiger partial charge is 0.355 e. The quantitative estimate of drug-likeness (QED) is 0.479. The van der Waals surface area contributed by atoms with Gasteiger partial charge in [-0.2, -0.15) is 0 Å². The Labute approximate surface area is 197 Å². The molecule has 3 amide bonds. The lowest BCUT2D eigenvalue weighted by Gasteiger charge is -2.26. The van der Waals surface area contributed by atoms with Crippen LogP contribution in [-0.2, 0) is 22.4 Å². The Hall–Kier alpha value is -3.59. The van der Waals surface area contributed by atoms with Crippen molar-refractivity contribution >= 4 is 34.2 Å². The van der Waals surface area contributed by atoms with Crippen molar-refractivity contribution in [2.45, 2.75) is 32.7 Å². The van der Waals surface area contributed by atoms with Gasteiger partial charge in [0.1, 0.15) is 6.54 Å². The van der Waals surface area contributed by atoms with Gasteiger partial charge < -0.3 is 15.5 Å². The summed E-state index contributed by atoms with van der Waals surface area (Å²) in [6.07, 6.45) is 2.50. The van der Waals surface area contributed by atoms with E-state index in [1.54, 1.807) is 35.8 Å². The monoisotopic (exact) mass is 465 g/mol. The molecule has 0 aliphatic carbocycles. The van der Waals surface area contributed by atoms with Gasteiger partial charge in [0.15, 0.2) is 5.13 Å². The summed E-state index contributed by atoms with van der Waals surface area (Å²) >= 11 is 1.24. The highest BCUT2D eigenvalue weighted by atomic mass is 32.1. The molecule has 0 aliphatic rings. The normalized spacial score (nSPS) is 10.6. The van der Waals surface area contributed by atoms with Crippen molar-refractivity contribution in [1.29, 1.82) is 0 Å². The predicted octanol–water partition coefficient (Wildman–Crippen LogP) is 2.93.